The third-order valence-corrected chi connectivity index (χ3v) is 6.27. The van der Waals surface area contributed by atoms with Gasteiger partial charge >= 0.3 is 0 Å². The topological polar surface area (TPSA) is 98.4 Å². The third-order valence-electron chi connectivity index (χ3n) is 6.27. The molecule has 1 aromatic heterocycles. The Morgan fingerprint density at radius 2 is 1.78 bits per heavy atom. The number of fused-ring (bicyclic) bond motifs is 1. The second-order valence-electron chi connectivity index (χ2n) is 8.41. The molecule has 8 nitrogen and oxygen atoms in total. The van der Waals surface area contributed by atoms with Crippen LogP contribution in [0, 0.1) is 0 Å². The van der Waals surface area contributed by atoms with E-state index in [0.29, 0.717) is 31.0 Å². The van der Waals surface area contributed by atoms with Gasteiger partial charge in [0.1, 0.15) is 28.7 Å². The van der Waals surface area contributed by atoms with Gasteiger partial charge in [-0.3, -0.25) is 4.79 Å². The number of morpholine rings is 1. The number of hydrogen-bond donors (Lipinski definition) is 3. The molecule has 3 heterocycles. The zero-order valence-corrected chi connectivity index (χ0v) is 18.0. The first-order chi connectivity index (χ1) is 15.5. The Labute approximate surface area is 185 Å². The van der Waals surface area contributed by atoms with E-state index in [-0.39, 0.29) is 27.9 Å². The predicted molar refractivity (Wildman–Crippen MR) is 123 cm³/mol. The van der Waals surface area contributed by atoms with Crippen molar-refractivity contribution in [3.63, 3.8) is 0 Å². The molecule has 0 radical (unpaired) electrons. The second kappa shape index (κ2) is 8.46. The summed E-state index contributed by atoms with van der Waals surface area (Å²) in [6, 6.07) is 10.5. The van der Waals surface area contributed by atoms with Crippen molar-refractivity contribution in [3.8, 4) is 22.8 Å². The van der Waals surface area contributed by atoms with Gasteiger partial charge in [0.25, 0.3) is 0 Å². The molecule has 3 N–H and O–H groups in total. The average molecular weight is 437 g/mol. The SMILES string of the molecule is CN1CCN(c2ccc(-c3cc(=O)c4c(O)cc(O)c(C5CNCCO5)c4o3)cc2)CC1. The van der Waals surface area contributed by atoms with Crippen molar-refractivity contribution in [3.05, 3.63) is 52.2 Å². The van der Waals surface area contributed by atoms with Crippen LogP contribution < -0.4 is 15.6 Å². The number of nitrogens with zero attached hydrogens (tertiary/aromatic N) is 2. The van der Waals surface area contributed by atoms with E-state index in [1.54, 1.807) is 0 Å². The smallest absolute Gasteiger partial charge is 0.197 e. The Bertz CT molecular complexity index is 1180. The van der Waals surface area contributed by atoms with E-state index >= 15 is 0 Å². The first-order valence-corrected chi connectivity index (χ1v) is 10.9. The number of aromatic hydroxyl groups is 2. The van der Waals surface area contributed by atoms with Crippen LogP contribution in [0.3, 0.4) is 0 Å². The normalized spacial score (nSPS) is 20.0. The molecule has 1 unspecified atom stereocenters. The molecule has 0 saturated carbocycles. The van der Waals surface area contributed by atoms with Gasteiger partial charge in [-0.05, 0) is 31.3 Å². The highest BCUT2D eigenvalue weighted by Gasteiger charge is 2.26. The van der Waals surface area contributed by atoms with Crippen LogP contribution in [0.5, 0.6) is 11.5 Å². The molecule has 2 saturated heterocycles. The van der Waals surface area contributed by atoms with Crippen molar-refractivity contribution < 1.29 is 19.4 Å². The van der Waals surface area contributed by atoms with Gasteiger partial charge in [-0.1, -0.05) is 0 Å². The van der Waals surface area contributed by atoms with E-state index in [9.17, 15) is 15.0 Å². The highest BCUT2D eigenvalue weighted by Crippen LogP contribution is 2.39. The van der Waals surface area contributed by atoms with Crippen molar-refractivity contribution in [1.29, 1.82) is 0 Å². The summed E-state index contributed by atoms with van der Waals surface area (Å²) in [5, 5.41) is 24.1. The summed E-state index contributed by atoms with van der Waals surface area (Å²) in [5.74, 6) is -0.0902. The average Bonchev–Trinajstić information content (AvgIpc) is 2.80. The van der Waals surface area contributed by atoms with Gasteiger partial charge in [0.2, 0.25) is 0 Å². The molecule has 32 heavy (non-hydrogen) atoms. The standard InChI is InChI=1S/C24H27N3O5/c1-26-7-9-27(10-8-26)16-4-2-15(3-5-16)20-13-19(30)22-17(28)12-18(29)23(24(22)32-20)21-14-25-6-11-31-21/h2-5,12-13,21,25,28-29H,6-11,14H2,1H3. The lowest BCUT2D eigenvalue weighted by molar-refractivity contribution is 0.0266. The fourth-order valence-electron chi connectivity index (χ4n) is 4.43. The van der Waals surface area contributed by atoms with Crippen molar-refractivity contribution in [2.24, 2.45) is 0 Å². The summed E-state index contributed by atoms with van der Waals surface area (Å²) in [6.07, 6.45) is -0.482. The summed E-state index contributed by atoms with van der Waals surface area (Å²) >= 11 is 0. The van der Waals surface area contributed by atoms with Crippen LogP contribution >= 0.6 is 0 Å². The molecule has 2 aliphatic rings. The number of nitrogens with one attached hydrogen (secondary N) is 1. The van der Waals surface area contributed by atoms with Gasteiger partial charge in [0.15, 0.2) is 11.0 Å². The molecule has 3 aromatic rings. The number of ether oxygens (including phenoxy) is 1. The zero-order valence-electron chi connectivity index (χ0n) is 18.0. The van der Waals surface area contributed by atoms with Gasteiger partial charge in [-0.15, -0.1) is 0 Å². The van der Waals surface area contributed by atoms with E-state index in [1.807, 2.05) is 24.3 Å². The minimum atomic E-state index is -0.482. The molecule has 2 aromatic carbocycles. The van der Waals surface area contributed by atoms with Gasteiger partial charge in [-0.25, -0.2) is 0 Å². The summed E-state index contributed by atoms with van der Waals surface area (Å²) < 4.78 is 11.9. The maximum Gasteiger partial charge on any atom is 0.197 e. The van der Waals surface area contributed by atoms with Crippen LogP contribution in [-0.2, 0) is 4.74 Å². The monoisotopic (exact) mass is 437 g/mol. The molecule has 0 aliphatic carbocycles. The quantitative estimate of drug-likeness (QED) is 0.574. The summed E-state index contributed by atoms with van der Waals surface area (Å²) in [7, 11) is 2.13. The van der Waals surface area contributed by atoms with Crippen molar-refractivity contribution in [1.82, 2.24) is 10.2 Å². The lowest BCUT2D eigenvalue weighted by atomic mass is 10.0. The number of piperazine rings is 1. The Kier molecular flexibility index (Phi) is 5.50. The molecule has 5 rings (SSSR count). The molecule has 0 amide bonds. The maximum absolute atomic E-state index is 12.9. The Balaban J connectivity index is 1.55. The van der Waals surface area contributed by atoms with Crippen LogP contribution in [0.25, 0.3) is 22.3 Å². The lowest BCUT2D eigenvalue weighted by Gasteiger charge is -2.34. The zero-order chi connectivity index (χ0) is 22.2. The summed E-state index contributed by atoms with van der Waals surface area (Å²) in [4.78, 5) is 17.6. The predicted octanol–water partition coefficient (Wildman–Crippen LogP) is 2.28. The number of anilines is 1. The lowest BCUT2D eigenvalue weighted by Crippen LogP contribution is -2.44. The van der Waals surface area contributed by atoms with E-state index in [4.69, 9.17) is 9.15 Å². The van der Waals surface area contributed by atoms with Crippen molar-refractivity contribution in [2.75, 3.05) is 57.8 Å². The third kappa shape index (κ3) is 3.81. The first kappa shape index (κ1) is 20.8. The molecule has 1 atom stereocenters. The second-order valence-corrected chi connectivity index (χ2v) is 8.41. The molecule has 2 aliphatic heterocycles. The Morgan fingerprint density at radius 1 is 1.03 bits per heavy atom. The Morgan fingerprint density at radius 3 is 2.47 bits per heavy atom. The minimum absolute atomic E-state index is 0.0461. The molecule has 168 valence electrons. The molecular weight excluding hydrogens is 410 g/mol. The summed E-state index contributed by atoms with van der Waals surface area (Å²) in [5.41, 5.74) is 2.03. The van der Waals surface area contributed by atoms with Crippen LogP contribution in [0.15, 0.2) is 45.6 Å². The highest BCUT2D eigenvalue weighted by atomic mass is 16.5. The molecule has 0 bridgehead atoms. The van der Waals surface area contributed by atoms with E-state index in [1.165, 1.54) is 12.1 Å². The number of rotatable bonds is 3. The fraction of sp³-hybridized carbons (Fsp3) is 0.375. The fourth-order valence-corrected chi connectivity index (χ4v) is 4.43. The maximum atomic E-state index is 12.9. The number of phenolic OH excluding ortho intramolecular Hbond substituents is 2. The van der Waals surface area contributed by atoms with Gasteiger partial charge in [-0.2, -0.15) is 0 Å². The first-order valence-electron chi connectivity index (χ1n) is 10.9. The van der Waals surface area contributed by atoms with Crippen LogP contribution in [0.2, 0.25) is 0 Å². The van der Waals surface area contributed by atoms with Crippen LogP contribution in [0.4, 0.5) is 5.69 Å². The van der Waals surface area contributed by atoms with Crippen LogP contribution in [0.1, 0.15) is 11.7 Å². The highest BCUT2D eigenvalue weighted by molar-refractivity contribution is 5.89. The Hall–Kier alpha value is -3.07. The molecular formula is C24H27N3O5. The van der Waals surface area contributed by atoms with Crippen molar-refractivity contribution in [2.45, 2.75) is 6.10 Å². The number of benzene rings is 2. The minimum Gasteiger partial charge on any atom is -0.507 e. The van der Waals surface area contributed by atoms with Crippen molar-refractivity contribution >= 4 is 16.7 Å². The molecule has 0 spiro atoms. The van der Waals surface area contributed by atoms with Gasteiger partial charge < -0.3 is 34.5 Å². The van der Waals surface area contributed by atoms with E-state index < -0.39 is 6.10 Å². The molecule has 8 heteroatoms. The number of hydrogen-bond acceptors (Lipinski definition) is 8. The number of phenols is 2. The summed E-state index contributed by atoms with van der Waals surface area (Å²) in [6.45, 7) is 5.65. The largest absolute Gasteiger partial charge is 0.507 e. The van der Waals surface area contributed by atoms with E-state index in [0.717, 1.165) is 37.4 Å². The molecule has 2 fully saturated rings. The van der Waals surface area contributed by atoms with E-state index in [2.05, 4.69) is 22.2 Å². The van der Waals surface area contributed by atoms with Gasteiger partial charge in [0.05, 0.1) is 12.2 Å². The number of likely N-dealkylation sites (N-methyl/N-ethyl adjacent to an activating group) is 1. The van der Waals surface area contributed by atoms with Gasteiger partial charge in [0, 0.05) is 62.7 Å². The van der Waals surface area contributed by atoms with Crippen LogP contribution in [-0.4, -0.2) is 68.0 Å².